The highest BCUT2D eigenvalue weighted by Gasteiger charge is 2.27. The van der Waals surface area contributed by atoms with E-state index in [-0.39, 0.29) is 17.0 Å². The van der Waals surface area contributed by atoms with E-state index in [2.05, 4.69) is 4.74 Å². The van der Waals surface area contributed by atoms with Crippen molar-refractivity contribution in [3.05, 3.63) is 65.5 Å². The summed E-state index contributed by atoms with van der Waals surface area (Å²) in [5.41, 5.74) is -0.102. The largest absolute Gasteiger partial charge is 0.465 e. The molecule has 120 valence electrons. The lowest BCUT2D eigenvalue weighted by molar-refractivity contribution is -0.139. The molecule has 0 radical (unpaired) electrons. The fourth-order valence-corrected chi connectivity index (χ4v) is 2.00. The molecule has 7 heteroatoms. The van der Waals surface area contributed by atoms with Gasteiger partial charge in [0, 0.05) is 18.0 Å². The zero-order valence-corrected chi connectivity index (χ0v) is 12.4. The Bertz CT molecular complexity index is 738. The number of carbonyl (C=O) groups excluding carboxylic acids is 2. The summed E-state index contributed by atoms with van der Waals surface area (Å²) in [6, 6.07) is 3.10. The lowest BCUT2D eigenvalue weighted by atomic mass is 10.1. The van der Waals surface area contributed by atoms with E-state index in [0.717, 1.165) is 26.4 Å². The van der Waals surface area contributed by atoms with Gasteiger partial charge in [0.05, 0.1) is 19.8 Å². The van der Waals surface area contributed by atoms with E-state index in [1.807, 2.05) is 0 Å². The van der Waals surface area contributed by atoms with Crippen molar-refractivity contribution in [2.75, 3.05) is 19.1 Å². The SMILES string of the molecule is COC(=O)C1=C(C(=O)OC)N(c2ccc(F)c(F)c2)C=CC=C1. The van der Waals surface area contributed by atoms with Crippen LogP contribution in [0.2, 0.25) is 0 Å². The van der Waals surface area contributed by atoms with Gasteiger partial charge in [0.15, 0.2) is 11.6 Å². The van der Waals surface area contributed by atoms with Gasteiger partial charge in [-0.25, -0.2) is 18.4 Å². The zero-order valence-electron chi connectivity index (χ0n) is 12.4. The summed E-state index contributed by atoms with van der Waals surface area (Å²) < 4.78 is 36.0. The van der Waals surface area contributed by atoms with Gasteiger partial charge >= 0.3 is 11.9 Å². The molecule has 1 aliphatic heterocycles. The van der Waals surface area contributed by atoms with Crippen molar-refractivity contribution in [2.45, 2.75) is 0 Å². The fourth-order valence-electron chi connectivity index (χ4n) is 2.00. The predicted octanol–water partition coefficient (Wildman–Crippen LogP) is 2.45. The molecule has 0 saturated carbocycles. The first-order valence-corrected chi connectivity index (χ1v) is 6.49. The summed E-state index contributed by atoms with van der Waals surface area (Å²) >= 11 is 0. The summed E-state index contributed by atoms with van der Waals surface area (Å²) in [5.74, 6) is -3.70. The van der Waals surface area contributed by atoms with Crippen molar-refractivity contribution in [3.8, 4) is 0 Å². The molecule has 0 aliphatic carbocycles. The van der Waals surface area contributed by atoms with Crippen LogP contribution in [0.25, 0.3) is 0 Å². The first-order chi connectivity index (χ1) is 11.0. The van der Waals surface area contributed by atoms with Crippen molar-refractivity contribution < 1.29 is 27.8 Å². The Labute approximate surface area is 131 Å². The van der Waals surface area contributed by atoms with Crippen molar-refractivity contribution in [1.29, 1.82) is 0 Å². The smallest absolute Gasteiger partial charge is 0.355 e. The molecule has 0 saturated heterocycles. The number of benzene rings is 1. The van der Waals surface area contributed by atoms with E-state index >= 15 is 0 Å². The quantitative estimate of drug-likeness (QED) is 0.801. The molecule has 1 aromatic carbocycles. The van der Waals surface area contributed by atoms with Crippen LogP contribution in [0.3, 0.4) is 0 Å². The monoisotopic (exact) mass is 321 g/mol. The average molecular weight is 321 g/mol. The third-order valence-electron chi connectivity index (χ3n) is 3.07. The minimum Gasteiger partial charge on any atom is -0.465 e. The highest BCUT2D eigenvalue weighted by atomic mass is 19.2. The Morgan fingerprint density at radius 1 is 1.00 bits per heavy atom. The molecule has 1 aliphatic rings. The Morgan fingerprint density at radius 2 is 1.70 bits per heavy atom. The minimum atomic E-state index is -1.09. The van der Waals surface area contributed by atoms with E-state index in [4.69, 9.17) is 4.74 Å². The van der Waals surface area contributed by atoms with Crippen molar-refractivity contribution >= 4 is 17.6 Å². The van der Waals surface area contributed by atoms with Gasteiger partial charge in [0.2, 0.25) is 0 Å². The number of esters is 2. The van der Waals surface area contributed by atoms with Gasteiger partial charge in [-0.2, -0.15) is 0 Å². The van der Waals surface area contributed by atoms with E-state index in [1.165, 1.54) is 35.4 Å². The third kappa shape index (κ3) is 3.28. The second-order valence-corrected chi connectivity index (χ2v) is 4.41. The number of allylic oxidation sites excluding steroid dienone is 2. The number of hydrogen-bond donors (Lipinski definition) is 0. The summed E-state index contributed by atoms with van der Waals surface area (Å²) in [5, 5.41) is 0. The fraction of sp³-hybridized carbons (Fsp3) is 0.125. The highest BCUT2D eigenvalue weighted by Crippen LogP contribution is 2.27. The zero-order chi connectivity index (χ0) is 17.0. The van der Waals surface area contributed by atoms with Gasteiger partial charge in [-0.1, -0.05) is 6.08 Å². The van der Waals surface area contributed by atoms with Crippen LogP contribution in [0.4, 0.5) is 14.5 Å². The summed E-state index contributed by atoms with van der Waals surface area (Å²) in [7, 11) is 2.31. The molecular formula is C16H13F2NO4. The van der Waals surface area contributed by atoms with Gasteiger partial charge in [-0.05, 0) is 24.3 Å². The van der Waals surface area contributed by atoms with E-state index in [0.29, 0.717) is 0 Å². The highest BCUT2D eigenvalue weighted by molar-refractivity contribution is 6.05. The molecule has 1 heterocycles. The summed E-state index contributed by atoms with van der Waals surface area (Å²) in [6.07, 6.45) is 5.83. The van der Waals surface area contributed by atoms with Gasteiger partial charge in [0.25, 0.3) is 0 Å². The second kappa shape index (κ2) is 6.87. The Morgan fingerprint density at radius 3 is 2.30 bits per heavy atom. The number of ether oxygens (including phenoxy) is 2. The molecule has 0 amide bonds. The van der Waals surface area contributed by atoms with Gasteiger partial charge in [0.1, 0.15) is 5.70 Å². The summed E-state index contributed by atoms with van der Waals surface area (Å²) in [4.78, 5) is 25.3. The molecule has 1 aromatic rings. The minimum absolute atomic E-state index is 0.0749. The number of carbonyl (C=O) groups is 2. The molecule has 0 atom stereocenters. The van der Waals surface area contributed by atoms with Crippen LogP contribution in [-0.4, -0.2) is 26.2 Å². The Hall–Kier alpha value is -2.96. The predicted molar refractivity (Wildman–Crippen MR) is 78.2 cm³/mol. The molecule has 5 nitrogen and oxygen atoms in total. The first kappa shape index (κ1) is 16.4. The molecule has 0 fully saturated rings. The van der Waals surface area contributed by atoms with Gasteiger partial charge < -0.3 is 14.4 Å². The Kier molecular flexibility index (Phi) is 4.90. The number of hydrogen-bond acceptors (Lipinski definition) is 5. The van der Waals surface area contributed by atoms with E-state index in [9.17, 15) is 18.4 Å². The molecule has 2 rings (SSSR count). The van der Waals surface area contributed by atoms with Crippen molar-refractivity contribution in [3.63, 3.8) is 0 Å². The van der Waals surface area contributed by atoms with Crippen LogP contribution in [0, 0.1) is 11.6 Å². The topological polar surface area (TPSA) is 55.8 Å². The third-order valence-corrected chi connectivity index (χ3v) is 3.07. The molecule has 0 spiro atoms. The molecule has 0 aromatic heterocycles. The molecule has 0 unspecified atom stereocenters. The first-order valence-electron chi connectivity index (χ1n) is 6.49. The number of rotatable bonds is 3. The number of methoxy groups -OCH3 is 2. The maximum atomic E-state index is 13.5. The second-order valence-electron chi connectivity index (χ2n) is 4.41. The van der Waals surface area contributed by atoms with Crippen LogP contribution in [-0.2, 0) is 19.1 Å². The Balaban J connectivity index is 2.65. The number of halogens is 2. The molecule has 0 N–H and O–H groups in total. The van der Waals surface area contributed by atoms with Crippen LogP contribution in [0.5, 0.6) is 0 Å². The van der Waals surface area contributed by atoms with Gasteiger partial charge in [-0.3, -0.25) is 0 Å². The normalized spacial score (nSPS) is 13.8. The lowest BCUT2D eigenvalue weighted by Gasteiger charge is -2.23. The van der Waals surface area contributed by atoms with Gasteiger partial charge in [-0.15, -0.1) is 0 Å². The van der Waals surface area contributed by atoms with Crippen LogP contribution < -0.4 is 4.90 Å². The average Bonchev–Trinajstić information content (AvgIpc) is 2.78. The van der Waals surface area contributed by atoms with Crippen molar-refractivity contribution in [2.24, 2.45) is 0 Å². The maximum Gasteiger partial charge on any atom is 0.355 e. The van der Waals surface area contributed by atoms with Crippen molar-refractivity contribution in [1.82, 2.24) is 0 Å². The van der Waals surface area contributed by atoms with E-state index < -0.39 is 23.6 Å². The van der Waals surface area contributed by atoms with Crippen LogP contribution in [0.15, 0.2) is 53.9 Å². The van der Waals surface area contributed by atoms with E-state index in [1.54, 1.807) is 0 Å². The number of anilines is 1. The standard InChI is InChI=1S/C16H13F2NO4/c1-22-15(20)11-5-3-4-8-19(14(11)16(21)23-2)10-6-7-12(17)13(18)9-10/h3-9H,1-2H3. The summed E-state index contributed by atoms with van der Waals surface area (Å²) in [6.45, 7) is 0. The molecule has 0 bridgehead atoms. The maximum absolute atomic E-state index is 13.5. The molecular weight excluding hydrogens is 308 g/mol. The molecule has 23 heavy (non-hydrogen) atoms. The lowest BCUT2D eigenvalue weighted by Crippen LogP contribution is -2.27. The van der Waals surface area contributed by atoms with Crippen LogP contribution >= 0.6 is 0 Å². The van der Waals surface area contributed by atoms with Crippen LogP contribution in [0.1, 0.15) is 0 Å². The number of nitrogens with zero attached hydrogens (tertiary/aromatic N) is 1.